The first-order valence-electron chi connectivity index (χ1n) is 3.09. The SMILES string of the molecule is CO[C@H]1CN[C@@H](C)C1.Cl. The van der Waals surface area contributed by atoms with Gasteiger partial charge < -0.3 is 10.1 Å². The molecule has 0 aliphatic carbocycles. The Bertz CT molecular complexity index is 79.5. The van der Waals surface area contributed by atoms with E-state index >= 15 is 0 Å². The molecule has 2 nitrogen and oxygen atoms in total. The normalized spacial score (nSPS) is 34.0. The predicted octanol–water partition coefficient (Wildman–Crippen LogP) is 0.805. The highest BCUT2D eigenvalue weighted by Crippen LogP contribution is 2.07. The first-order chi connectivity index (χ1) is 3.83. The number of hydrogen-bond donors (Lipinski definition) is 1. The molecular formula is C6H14ClNO. The number of methoxy groups -OCH3 is 1. The molecule has 0 spiro atoms. The fraction of sp³-hybridized carbons (Fsp3) is 1.00. The molecule has 0 unspecified atom stereocenters. The van der Waals surface area contributed by atoms with Gasteiger partial charge >= 0.3 is 0 Å². The lowest BCUT2D eigenvalue weighted by Gasteiger charge is -2.02. The highest BCUT2D eigenvalue weighted by Gasteiger charge is 2.18. The smallest absolute Gasteiger partial charge is 0.0710 e. The van der Waals surface area contributed by atoms with Gasteiger partial charge in [-0.15, -0.1) is 12.4 Å². The molecular weight excluding hydrogens is 138 g/mol. The van der Waals surface area contributed by atoms with Gasteiger partial charge in [0.1, 0.15) is 0 Å². The molecule has 0 aromatic rings. The average Bonchev–Trinajstić information content (AvgIpc) is 2.14. The summed E-state index contributed by atoms with van der Waals surface area (Å²) in [7, 11) is 1.77. The van der Waals surface area contributed by atoms with Crippen LogP contribution < -0.4 is 5.32 Å². The zero-order valence-corrected chi connectivity index (χ0v) is 6.70. The summed E-state index contributed by atoms with van der Waals surface area (Å²) < 4.78 is 5.12. The summed E-state index contributed by atoms with van der Waals surface area (Å²) in [5, 5.41) is 3.30. The molecule has 1 rings (SSSR count). The van der Waals surface area contributed by atoms with Gasteiger partial charge in [-0.1, -0.05) is 0 Å². The Morgan fingerprint density at radius 3 is 2.44 bits per heavy atom. The molecule has 9 heavy (non-hydrogen) atoms. The highest BCUT2D eigenvalue weighted by molar-refractivity contribution is 5.85. The summed E-state index contributed by atoms with van der Waals surface area (Å²) in [6, 6.07) is 0.653. The largest absolute Gasteiger partial charge is 0.380 e. The summed E-state index contributed by atoms with van der Waals surface area (Å²) in [5.74, 6) is 0. The summed E-state index contributed by atoms with van der Waals surface area (Å²) in [5.41, 5.74) is 0. The van der Waals surface area contributed by atoms with Gasteiger partial charge in [0.25, 0.3) is 0 Å². The van der Waals surface area contributed by atoms with Crippen molar-refractivity contribution < 1.29 is 4.74 Å². The van der Waals surface area contributed by atoms with Crippen molar-refractivity contribution in [2.45, 2.75) is 25.5 Å². The van der Waals surface area contributed by atoms with Gasteiger partial charge in [-0.25, -0.2) is 0 Å². The second kappa shape index (κ2) is 4.09. The highest BCUT2D eigenvalue weighted by atomic mass is 35.5. The quantitative estimate of drug-likeness (QED) is 0.599. The van der Waals surface area contributed by atoms with Crippen molar-refractivity contribution in [1.82, 2.24) is 5.32 Å². The van der Waals surface area contributed by atoms with Crippen LogP contribution in [0.5, 0.6) is 0 Å². The molecule has 2 atom stereocenters. The van der Waals surface area contributed by atoms with Crippen LogP contribution in [0.4, 0.5) is 0 Å². The van der Waals surface area contributed by atoms with Crippen LogP contribution >= 0.6 is 12.4 Å². The first-order valence-corrected chi connectivity index (χ1v) is 3.09. The van der Waals surface area contributed by atoms with Gasteiger partial charge in [0.2, 0.25) is 0 Å². The van der Waals surface area contributed by atoms with Gasteiger partial charge in [-0.05, 0) is 13.3 Å². The lowest BCUT2D eigenvalue weighted by Crippen LogP contribution is -2.18. The van der Waals surface area contributed by atoms with E-state index in [1.807, 2.05) is 0 Å². The minimum atomic E-state index is 0. The van der Waals surface area contributed by atoms with Crippen LogP contribution in [0, 0.1) is 0 Å². The summed E-state index contributed by atoms with van der Waals surface area (Å²) in [6.45, 7) is 3.21. The van der Waals surface area contributed by atoms with Crippen LogP contribution in [0.1, 0.15) is 13.3 Å². The maximum absolute atomic E-state index is 5.12. The molecule has 1 aliphatic rings. The Hall–Kier alpha value is 0.210. The van der Waals surface area contributed by atoms with E-state index in [1.54, 1.807) is 7.11 Å². The van der Waals surface area contributed by atoms with Crippen molar-refractivity contribution in [3.05, 3.63) is 0 Å². The fourth-order valence-electron chi connectivity index (χ4n) is 1.07. The first kappa shape index (κ1) is 9.21. The molecule has 0 aromatic heterocycles. The number of ether oxygens (including phenoxy) is 1. The topological polar surface area (TPSA) is 21.3 Å². The summed E-state index contributed by atoms with van der Waals surface area (Å²) in [6.07, 6.45) is 1.63. The molecule has 3 heteroatoms. The Morgan fingerprint density at radius 2 is 2.22 bits per heavy atom. The molecule has 1 fully saturated rings. The Kier molecular flexibility index (Phi) is 4.19. The monoisotopic (exact) mass is 151 g/mol. The fourth-order valence-corrected chi connectivity index (χ4v) is 1.07. The van der Waals surface area contributed by atoms with Gasteiger partial charge in [-0.2, -0.15) is 0 Å². The van der Waals surface area contributed by atoms with Crippen LogP contribution in [0.25, 0.3) is 0 Å². The van der Waals surface area contributed by atoms with Crippen LogP contribution in [0.15, 0.2) is 0 Å². The van der Waals surface area contributed by atoms with E-state index < -0.39 is 0 Å². The molecule has 1 N–H and O–H groups in total. The molecule has 0 amide bonds. The second-order valence-electron chi connectivity index (χ2n) is 2.40. The van der Waals surface area contributed by atoms with Gasteiger partial charge in [0, 0.05) is 19.7 Å². The van der Waals surface area contributed by atoms with E-state index in [0.29, 0.717) is 12.1 Å². The summed E-state index contributed by atoms with van der Waals surface area (Å²) in [4.78, 5) is 0. The Morgan fingerprint density at radius 1 is 1.56 bits per heavy atom. The zero-order chi connectivity index (χ0) is 5.98. The van der Waals surface area contributed by atoms with Crippen LogP contribution in [-0.4, -0.2) is 25.8 Å². The molecule has 0 aromatic carbocycles. The third kappa shape index (κ3) is 2.52. The Labute approximate surface area is 62.4 Å². The van der Waals surface area contributed by atoms with E-state index in [-0.39, 0.29) is 12.4 Å². The third-order valence-corrected chi connectivity index (χ3v) is 1.64. The minimum Gasteiger partial charge on any atom is -0.380 e. The molecule has 1 aliphatic heterocycles. The molecule has 1 heterocycles. The third-order valence-electron chi connectivity index (χ3n) is 1.64. The van der Waals surface area contributed by atoms with Gasteiger partial charge in [-0.3, -0.25) is 0 Å². The van der Waals surface area contributed by atoms with Gasteiger partial charge in [0.15, 0.2) is 0 Å². The number of hydrogen-bond acceptors (Lipinski definition) is 2. The molecule has 0 saturated carbocycles. The van der Waals surface area contributed by atoms with Crippen molar-refractivity contribution in [1.29, 1.82) is 0 Å². The second-order valence-corrected chi connectivity index (χ2v) is 2.40. The van der Waals surface area contributed by atoms with E-state index in [9.17, 15) is 0 Å². The van der Waals surface area contributed by atoms with Crippen molar-refractivity contribution in [2.24, 2.45) is 0 Å². The Balaban J connectivity index is 0.000000640. The predicted molar refractivity (Wildman–Crippen MR) is 40.1 cm³/mol. The lowest BCUT2D eigenvalue weighted by atomic mass is 10.2. The van der Waals surface area contributed by atoms with Crippen LogP contribution in [0.3, 0.4) is 0 Å². The average molecular weight is 152 g/mol. The van der Waals surface area contributed by atoms with E-state index in [2.05, 4.69) is 12.2 Å². The standard InChI is InChI=1S/C6H13NO.ClH/c1-5-3-6(8-2)4-7-5;/h5-7H,3-4H2,1-2H3;1H/t5-,6+;/m0./s1. The van der Waals surface area contributed by atoms with Crippen molar-refractivity contribution in [3.8, 4) is 0 Å². The van der Waals surface area contributed by atoms with Crippen molar-refractivity contribution in [2.75, 3.05) is 13.7 Å². The molecule has 1 saturated heterocycles. The minimum absolute atomic E-state index is 0. The maximum atomic E-state index is 5.12. The van der Waals surface area contributed by atoms with Gasteiger partial charge in [0.05, 0.1) is 6.10 Å². The number of nitrogens with one attached hydrogen (secondary N) is 1. The van der Waals surface area contributed by atoms with Crippen molar-refractivity contribution >= 4 is 12.4 Å². The van der Waals surface area contributed by atoms with E-state index in [0.717, 1.165) is 13.0 Å². The van der Waals surface area contributed by atoms with Crippen LogP contribution in [0.2, 0.25) is 0 Å². The number of halogens is 1. The number of rotatable bonds is 1. The maximum Gasteiger partial charge on any atom is 0.0710 e. The van der Waals surface area contributed by atoms with E-state index in [4.69, 9.17) is 4.74 Å². The zero-order valence-electron chi connectivity index (χ0n) is 5.89. The molecule has 56 valence electrons. The molecule has 0 radical (unpaired) electrons. The molecule has 0 bridgehead atoms. The van der Waals surface area contributed by atoms with Crippen molar-refractivity contribution in [3.63, 3.8) is 0 Å². The summed E-state index contributed by atoms with van der Waals surface area (Å²) >= 11 is 0. The van der Waals surface area contributed by atoms with Crippen LogP contribution in [-0.2, 0) is 4.74 Å². The lowest BCUT2D eigenvalue weighted by molar-refractivity contribution is 0.118. The van der Waals surface area contributed by atoms with E-state index in [1.165, 1.54) is 0 Å².